The van der Waals surface area contributed by atoms with Crippen molar-refractivity contribution in [2.24, 2.45) is 5.92 Å². The van der Waals surface area contributed by atoms with Crippen molar-refractivity contribution in [3.63, 3.8) is 0 Å². The van der Waals surface area contributed by atoms with Crippen molar-refractivity contribution >= 4 is 41.0 Å². The first-order chi connectivity index (χ1) is 19.0. The number of nitrogens with one attached hydrogen (secondary N) is 2. The minimum absolute atomic E-state index is 0.134. The molecule has 4 rings (SSSR count). The van der Waals surface area contributed by atoms with Gasteiger partial charge in [0.05, 0.1) is 34.7 Å². The Hall–Kier alpha value is -4.38. The zero-order valence-corrected chi connectivity index (χ0v) is 21.5. The second kappa shape index (κ2) is 12.2. The maximum Gasteiger partial charge on any atom is 0.416 e. The summed E-state index contributed by atoms with van der Waals surface area (Å²) >= 11 is 5.86. The van der Waals surface area contributed by atoms with Gasteiger partial charge in [0.1, 0.15) is 0 Å². The molecule has 3 amide bonds. The van der Waals surface area contributed by atoms with E-state index in [-0.39, 0.29) is 23.7 Å². The number of nitrogens with zero attached hydrogens (tertiary/aromatic N) is 1. The van der Waals surface area contributed by atoms with Gasteiger partial charge in [-0.25, -0.2) is 0 Å². The van der Waals surface area contributed by atoms with Crippen LogP contribution < -0.4 is 10.7 Å². The van der Waals surface area contributed by atoms with E-state index in [0.717, 1.165) is 17.1 Å². The Morgan fingerprint density at radius 2 is 1.57 bits per heavy atom. The van der Waals surface area contributed by atoms with E-state index >= 15 is 0 Å². The summed E-state index contributed by atoms with van der Waals surface area (Å²) in [6, 6.07) is 20.4. The number of esters is 1. The van der Waals surface area contributed by atoms with Crippen molar-refractivity contribution in [2.75, 3.05) is 18.5 Å². The molecule has 2 N–H and O–H groups in total. The molecule has 1 aliphatic heterocycles. The highest BCUT2D eigenvalue weighted by Gasteiger charge is 2.38. The molecule has 1 atom stereocenters. The highest BCUT2D eigenvalue weighted by molar-refractivity contribution is 6.33. The molecule has 0 bridgehead atoms. The maximum atomic E-state index is 13.3. The van der Waals surface area contributed by atoms with E-state index in [4.69, 9.17) is 16.3 Å². The van der Waals surface area contributed by atoms with Gasteiger partial charge < -0.3 is 10.1 Å². The highest BCUT2D eigenvalue weighted by Crippen LogP contribution is 2.34. The standard InChI is InChI=1S/C28H23ClF3N3O5/c29-21-12-11-20(28(30,31)32)14-22(21)33-23(36)16-40-27(39)19-13-24(37)35(15-19)34-26(38)25(17-7-3-1-4-8-17)18-9-5-2-6-10-18/h1-12,14,19,25H,13,15-16H2,(H,33,36)(H,34,38)/t19-/m1/s1. The van der Waals surface area contributed by atoms with Gasteiger partial charge in [-0.3, -0.25) is 29.6 Å². The Labute approximate surface area is 232 Å². The summed E-state index contributed by atoms with van der Waals surface area (Å²) in [4.78, 5) is 50.6. The van der Waals surface area contributed by atoms with Gasteiger partial charge in [0.2, 0.25) is 5.91 Å². The molecule has 12 heteroatoms. The normalized spacial score (nSPS) is 15.2. The van der Waals surface area contributed by atoms with Crippen molar-refractivity contribution in [1.82, 2.24) is 10.4 Å². The SMILES string of the molecule is O=C(COC(=O)[C@@H]1CC(=O)N(NC(=O)C(c2ccccc2)c2ccccc2)C1)Nc1cc(C(F)(F)F)ccc1Cl. The predicted molar refractivity (Wildman–Crippen MR) is 139 cm³/mol. The first-order valence-corrected chi connectivity index (χ1v) is 12.4. The first kappa shape index (κ1) is 28.6. The number of carbonyl (C=O) groups is 4. The second-order valence-corrected chi connectivity index (χ2v) is 9.39. The predicted octanol–water partition coefficient (Wildman–Crippen LogP) is 4.55. The van der Waals surface area contributed by atoms with Gasteiger partial charge in [-0.15, -0.1) is 0 Å². The summed E-state index contributed by atoms with van der Waals surface area (Å²) in [6.45, 7) is -0.993. The Morgan fingerprint density at radius 1 is 0.975 bits per heavy atom. The van der Waals surface area contributed by atoms with Crippen LogP contribution in [0.1, 0.15) is 29.0 Å². The number of hydrogen-bond acceptors (Lipinski definition) is 5. The lowest BCUT2D eigenvalue weighted by Crippen LogP contribution is -2.45. The molecule has 0 spiro atoms. The summed E-state index contributed by atoms with van der Waals surface area (Å²) < 4.78 is 43.8. The topological polar surface area (TPSA) is 105 Å². The monoisotopic (exact) mass is 573 g/mol. The van der Waals surface area contributed by atoms with Crippen LogP contribution in [0.3, 0.4) is 0 Å². The largest absolute Gasteiger partial charge is 0.455 e. The zero-order chi connectivity index (χ0) is 28.9. The second-order valence-electron chi connectivity index (χ2n) is 8.98. The van der Waals surface area contributed by atoms with Crippen molar-refractivity contribution < 1.29 is 37.1 Å². The van der Waals surface area contributed by atoms with E-state index in [0.29, 0.717) is 17.2 Å². The van der Waals surface area contributed by atoms with Crippen LogP contribution in [0.5, 0.6) is 0 Å². The van der Waals surface area contributed by atoms with Gasteiger partial charge in [0.15, 0.2) is 6.61 Å². The minimum atomic E-state index is -4.64. The molecular weight excluding hydrogens is 551 g/mol. The van der Waals surface area contributed by atoms with Crippen LogP contribution in [0, 0.1) is 5.92 Å². The minimum Gasteiger partial charge on any atom is -0.455 e. The van der Waals surface area contributed by atoms with Crippen LogP contribution in [-0.4, -0.2) is 41.9 Å². The molecule has 1 aliphatic rings. The molecule has 3 aromatic rings. The summed E-state index contributed by atoms with van der Waals surface area (Å²) in [5.74, 6) is -4.47. The number of benzene rings is 3. The quantitative estimate of drug-likeness (QED) is 0.385. The lowest BCUT2D eigenvalue weighted by atomic mass is 9.91. The van der Waals surface area contributed by atoms with E-state index < -0.39 is 53.9 Å². The fraction of sp³-hybridized carbons (Fsp3) is 0.214. The number of carbonyl (C=O) groups excluding carboxylic acids is 4. The lowest BCUT2D eigenvalue weighted by molar-refractivity contribution is -0.151. The van der Waals surface area contributed by atoms with E-state index in [2.05, 4.69) is 10.7 Å². The molecule has 1 fully saturated rings. The third-order valence-electron chi connectivity index (χ3n) is 6.14. The molecule has 1 saturated heterocycles. The number of ether oxygens (including phenoxy) is 1. The molecule has 40 heavy (non-hydrogen) atoms. The molecule has 0 saturated carbocycles. The average Bonchev–Trinajstić information content (AvgIpc) is 3.29. The van der Waals surface area contributed by atoms with Crippen LogP contribution in [0.25, 0.3) is 0 Å². The highest BCUT2D eigenvalue weighted by atomic mass is 35.5. The number of halogens is 4. The van der Waals surface area contributed by atoms with Crippen molar-refractivity contribution in [3.8, 4) is 0 Å². The molecule has 0 aliphatic carbocycles. The smallest absolute Gasteiger partial charge is 0.416 e. The maximum absolute atomic E-state index is 13.3. The Balaban J connectivity index is 1.34. The number of alkyl halides is 3. The van der Waals surface area contributed by atoms with Gasteiger partial charge in [-0.1, -0.05) is 72.3 Å². The van der Waals surface area contributed by atoms with Gasteiger partial charge >= 0.3 is 12.1 Å². The number of anilines is 1. The number of hydrazine groups is 1. The number of rotatable bonds is 8. The number of amides is 3. The summed E-state index contributed by atoms with van der Waals surface area (Å²) in [6.07, 6.45) is -4.91. The Bertz CT molecular complexity index is 1360. The molecule has 0 unspecified atom stereocenters. The van der Waals surface area contributed by atoms with Gasteiger partial charge in [-0.05, 0) is 29.3 Å². The molecule has 1 heterocycles. The van der Waals surface area contributed by atoms with Crippen molar-refractivity contribution in [1.29, 1.82) is 0 Å². The van der Waals surface area contributed by atoms with Crippen LogP contribution >= 0.6 is 11.6 Å². The van der Waals surface area contributed by atoms with E-state index in [1.807, 2.05) is 12.1 Å². The van der Waals surface area contributed by atoms with Gasteiger partial charge in [0.25, 0.3) is 11.8 Å². The third-order valence-corrected chi connectivity index (χ3v) is 6.47. The molecule has 3 aromatic carbocycles. The Morgan fingerprint density at radius 3 is 2.15 bits per heavy atom. The van der Waals surface area contributed by atoms with Gasteiger partial charge in [0, 0.05) is 6.42 Å². The fourth-order valence-electron chi connectivity index (χ4n) is 4.20. The van der Waals surface area contributed by atoms with Crippen LogP contribution in [0.4, 0.5) is 18.9 Å². The van der Waals surface area contributed by atoms with Crippen LogP contribution in [-0.2, 0) is 30.1 Å². The molecule has 0 aromatic heterocycles. The third kappa shape index (κ3) is 6.97. The average molecular weight is 574 g/mol. The van der Waals surface area contributed by atoms with Crippen LogP contribution in [0.2, 0.25) is 5.02 Å². The van der Waals surface area contributed by atoms with Crippen molar-refractivity contribution in [3.05, 3.63) is 101 Å². The lowest BCUT2D eigenvalue weighted by Gasteiger charge is -2.23. The number of hydrogen-bond donors (Lipinski definition) is 2. The van der Waals surface area contributed by atoms with E-state index in [1.54, 1.807) is 48.5 Å². The van der Waals surface area contributed by atoms with Gasteiger partial charge in [-0.2, -0.15) is 13.2 Å². The van der Waals surface area contributed by atoms with Crippen LogP contribution in [0.15, 0.2) is 78.9 Å². The molecule has 8 nitrogen and oxygen atoms in total. The zero-order valence-electron chi connectivity index (χ0n) is 20.8. The first-order valence-electron chi connectivity index (χ1n) is 12.1. The molecule has 208 valence electrons. The summed E-state index contributed by atoms with van der Waals surface area (Å²) in [7, 11) is 0. The molecule has 0 radical (unpaired) electrons. The summed E-state index contributed by atoms with van der Waals surface area (Å²) in [5, 5.41) is 3.08. The summed E-state index contributed by atoms with van der Waals surface area (Å²) in [5.41, 5.74) is 2.69. The van der Waals surface area contributed by atoms with E-state index in [9.17, 15) is 32.3 Å². The van der Waals surface area contributed by atoms with Crippen molar-refractivity contribution in [2.45, 2.75) is 18.5 Å². The van der Waals surface area contributed by atoms with E-state index in [1.165, 1.54) is 0 Å². The fourth-order valence-corrected chi connectivity index (χ4v) is 4.36. The Kier molecular flexibility index (Phi) is 8.73. The molecular formula is C28H23ClF3N3O5.